The molecule has 2 aliphatic heterocycles. The van der Waals surface area contributed by atoms with Crippen LogP contribution in [0.25, 0.3) is 0 Å². The Kier molecular flexibility index (Phi) is 6.07. The molecule has 4 rings (SSSR count). The van der Waals surface area contributed by atoms with Gasteiger partial charge >= 0.3 is 0 Å². The van der Waals surface area contributed by atoms with Gasteiger partial charge in [0.2, 0.25) is 11.8 Å². The lowest BCUT2D eigenvalue weighted by atomic mass is 10.1. The monoisotopic (exact) mass is 410 g/mol. The van der Waals surface area contributed by atoms with Crippen molar-refractivity contribution in [3.05, 3.63) is 48.0 Å². The summed E-state index contributed by atoms with van der Waals surface area (Å²) in [4.78, 5) is 26.9. The Balaban J connectivity index is 1.34. The first-order valence-electron chi connectivity index (χ1n) is 10.2. The summed E-state index contributed by atoms with van der Waals surface area (Å²) >= 11 is 0. The molecule has 0 aromatic heterocycles. The maximum Gasteiger partial charge on any atom is 0.229 e. The van der Waals surface area contributed by atoms with Gasteiger partial charge in [0.25, 0.3) is 0 Å². The topological polar surface area (TPSA) is 77.1 Å². The number of carbonyl (C=O) groups is 2. The number of hydrogen-bond acceptors (Lipinski definition) is 5. The van der Waals surface area contributed by atoms with E-state index in [1.54, 1.807) is 30.2 Å². The Labute approximate surface area is 175 Å². The van der Waals surface area contributed by atoms with Crippen LogP contribution in [0.3, 0.4) is 0 Å². The lowest BCUT2D eigenvalue weighted by Crippen LogP contribution is -2.30. The van der Waals surface area contributed by atoms with E-state index in [1.807, 2.05) is 24.3 Å². The minimum Gasteiger partial charge on any atom is -0.496 e. The molecule has 1 N–H and O–H groups in total. The fraction of sp³-hybridized carbons (Fsp3) is 0.391. The Morgan fingerprint density at radius 2 is 1.97 bits per heavy atom. The molecule has 1 atom stereocenters. The van der Waals surface area contributed by atoms with Crippen molar-refractivity contribution in [2.75, 3.05) is 38.7 Å². The number of methoxy groups -OCH3 is 1. The number of amides is 2. The third-order valence-corrected chi connectivity index (χ3v) is 5.44. The SMILES string of the molecule is COc1ccccc1CCN1C[C@@H](C(=O)Nc2ccc3c(c2)OCCCO3)CC1=O. The van der Waals surface area contributed by atoms with Crippen molar-refractivity contribution >= 4 is 17.5 Å². The van der Waals surface area contributed by atoms with Gasteiger partial charge in [-0.1, -0.05) is 18.2 Å². The van der Waals surface area contributed by atoms with Gasteiger partial charge in [-0.2, -0.15) is 0 Å². The molecule has 0 unspecified atom stereocenters. The summed E-state index contributed by atoms with van der Waals surface area (Å²) in [6.07, 6.45) is 1.74. The highest BCUT2D eigenvalue weighted by Gasteiger charge is 2.34. The molecule has 158 valence electrons. The zero-order valence-electron chi connectivity index (χ0n) is 17.1. The molecule has 1 saturated heterocycles. The second kappa shape index (κ2) is 9.07. The van der Waals surface area contributed by atoms with Crippen molar-refractivity contribution in [2.45, 2.75) is 19.3 Å². The number of nitrogens with zero attached hydrogens (tertiary/aromatic N) is 1. The van der Waals surface area contributed by atoms with Crippen molar-refractivity contribution in [3.63, 3.8) is 0 Å². The number of hydrogen-bond donors (Lipinski definition) is 1. The molecule has 1 fully saturated rings. The van der Waals surface area contributed by atoms with E-state index in [0.717, 1.165) is 17.7 Å². The number of nitrogens with one attached hydrogen (secondary N) is 1. The zero-order chi connectivity index (χ0) is 20.9. The number of para-hydroxylation sites is 1. The van der Waals surface area contributed by atoms with Gasteiger partial charge in [-0.3, -0.25) is 9.59 Å². The smallest absolute Gasteiger partial charge is 0.229 e. The predicted octanol–water partition coefficient (Wildman–Crippen LogP) is 2.89. The van der Waals surface area contributed by atoms with Crippen LogP contribution >= 0.6 is 0 Å². The van der Waals surface area contributed by atoms with Crippen molar-refractivity contribution in [1.82, 2.24) is 4.90 Å². The number of likely N-dealkylation sites (tertiary alicyclic amines) is 1. The molecular formula is C23H26N2O5. The molecule has 0 saturated carbocycles. The molecule has 0 aliphatic carbocycles. The summed E-state index contributed by atoms with van der Waals surface area (Å²) in [5, 5.41) is 2.91. The molecule has 0 spiro atoms. The highest BCUT2D eigenvalue weighted by Crippen LogP contribution is 2.32. The zero-order valence-corrected chi connectivity index (χ0v) is 17.1. The summed E-state index contributed by atoms with van der Waals surface area (Å²) in [6.45, 7) is 2.19. The third kappa shape index (κ3) is 4.50. The van der Waals surface area contributed by atoms with Crippen LogP contribution in [0.1, 0.15) is 18.4 Å². The minimum atomic E-state index is -0.369. The number of anilines is 1. The number of fused-ring (bicyclic) bond motifs is 1. The van der Waals surface area contributed by atoms with Crippen LogP contribution in [-0.2, 0) is 16.0 Å². The Bertz CT molecular complexity index is 930. The van der Waals surface area contributed by atoms with Crippen molar-refractivity contribution in [1.29, 1.82) is 0 Å². The molecular weight excluding hydrogens is 384 g/mol. The predicted molar refractivity (Wildman–Crippen MR) is 112 cm³/mol. The van der Waals surface area contributed by atoms with Crippen LogP contribution in [0.15, 0.2) is 42.5 Å². The number of ether oxygens (including phenoxy) is 3. The quantitative estimate of drug-likeness (QED) is 0.792. The second-order valence-electron chi connectivity index (χ2n) is 7.50. The number of rotatable bonds is 6. The first kappa shape index (κ1) is 20.1. The first-order chi connectivity index (χ1) is 14.6. The normalized spacial score (nSPS) is 18.1. The standard InChI is InChI=1S/C23H26N2O5/c1-28-19-6-3-2-5-16(19)9-10-25-15-17(13-22(25)26)23(27)24-18-7-8-20-21(14-18)30-12-4-11-29-20/h2-3,5-8,14,17H,4,9-13,15H2,1H3,(H,24,27)/t17-/m0/s1. The van der Waals surface area contributed by atoms with E-state index in [0.29, 0.717) is 49.9 Å². The van der Waals surface area contributed by atoms with Gasteiger partial charge in [-0.15, -0.1) is 0 Å². The summed E-state index contributed by atoms with van der Waals surface area (Å²) in [5.41, 5.74) is 1.69. The van der Waals surface area contributed by atoms with Crippen LogP contribution in [0.5, 0.6) is 17.2 Å². The van der Waals surface area contributed by atoms with Gasteiger partial charge in [-0.05, 0) is 30.2 Å². The van der Waals surface area contributed by atoms with E-state index in [-0.39, 0.29) is 24.2 Å². The molecule has 7 nitrogen and oxygen atoms in total. The molecule has 2 heterocycles. The molecule has 7 heteroatoms. The van der Waals surface area contributed by atoms with Gasteiger partial charge in [0, 0.05) is 37.7 Å². The Morgan fingerprint density at radius 3 is 2.80 bits per heavy atom. The Hall–Kier alpha value is -3.22. The summed E-state index contributed by atoms with van der Waals surface area (Å²) in [6, 6.07) is 13.1. The molecule has 0 radical (unpaired) electrons. The molecule has 2 aromatic rings. The largest absolute Gasteiger partial charge is 0.496 e. The van der Waals surface area contributed by atoms with E-state index in [1.165, 1.54) is 0 Å². The number of carbonyl (C=O) groups excluding carboxylic acids is 2. The van der Waals surface area contributed by atoms with Gasteiger partial charge in [0.1, 0.15) is 5.75 Å². The summed E-state index contributed by atoms with van der Waals surface area (Å²) in [7, 11) is 1.64. The van der Waals surface area contributed by atoms with Crippen molar-refractivity contribution in [3.8, 4) is 17.2 Å². The minimum absolute atomic E-state index is 0.00344. The second-order valence-corrected chi connectivity index (χ2v) is 7.50. The van der Waals surface area contributed by atoms with Crippen LogP contribution in [0.4, 0.5) is 5.69 Å². The highest BCUT2D eigenvalue weighted by atomic mass is 16.5. The lowest BCUT2D eigenvalue weighted by Gasteiger charge is -2.17. The fourth-order valence-electron chi connectivity index (χ4n) is 3.81. The van der Waals surface area contributed by atoms with Gasteiger partial charge < -0.3 is 24.4 Å². The molecule has 2 amide bonds. The van der Waals surface area contributed by atoms with Crippen LogP contribution in [-0.4, -0.2) is 50.1 Å². The van der Waals surface area contributed by atoms with Crippen LogP contribution in [0, 0.1) is 5.92 Å². The van der Waals surface area contributed by atoms with E-state index < -0.39 is 0 Å². The van der Waals surface area contributed by atoms with E-state index in [9.17, 15) is 9.59 Å². The third-order valence-electron chi connectivity index (χ3n) is 5.44. The lowest BCUT2D eigenvalue weighted by molar-refractivity contribution is -0.128. The molecule has 30 heavy (non-hydrogen) atoms. The van der Waals surface area contributed by atoms with E-state index >= 15 is 0 Å². The van der Waals surface area contributed by atoms with Crippen LogP contribution < -0.4 is 19.5 Å². The first-order valence-corrected chi connectivity index (χ1v) is 10.2. The molecule has 2 aliphatic rings. The van der Waals surface area contributed by atoms with Crippen molar-refractivity contribution < 1.29 is 23.8 Å². The summed E-state index contributed by atoms with van der Waals surface area (Å²) in [5.74, 6) is 1.61. The number of benzene rings is 2. The molecule has 2 aromatic carbocycles. The average molecular weight is 410 g/mol. The van der Waals surface area contributed by atoms with Gasteiger partial charge in [-0.25, -0.2) is 0 Å². The van der Waals surface area contributed by atoms with Crippen LogP contribution in [0.2, 0.25) is 0 Å². The van der Waals surface area contributed by atoms with E-state index in [2.05, 4.69) is 5.32 Å². The average Bonchev–Trinajstić information content (AvgIpc) is 2.98. The summed E-state index contributed by atoms with van der Waals surface area (Å²) < 4.78 is 16.7. The maximum absolute atomic E-state index is 12.7. The fourth-order valence-corrected chi connectivity index (χ4v) is 3.81. The van der Waals surface area contributed by atoms with Gasteiger partial charge in [0.15, 0.2) is 11.5 Å². The van der Waals surface area contributed by atoms with E-state index in [4.69, 9.17) is 14.2 Å². The highest BCUT2D eigenvalue weighted by molar-refractivity contribution is 5.97. The maximum atomic E-state index is 12.7. The van der Waals surface area contributed by atoms with Gasteiger partial charge in [0.05, 0.1) is 26.2 Å². The Morgan fingerprint density at radius 1 is 1.17 bits per heavy atom. The molecule has 0 bridgehead atoms. The van der Waals surface area contributed by atoms with Crippen molar-refractivity contribution in [2.24, 2.45) is 5.92 Å².